The lowest BCUT2D eigenvalue weighted by Crippen LogP contribution is -2.03. The van der Waals surface area contributed by atoms with Gasteiger partial charge in [0.15, 0.2) is 0 Å². The Hall–Kier alpha value is -6.34. The summed E-state index contributed by atoms with van der Waals surface area (Å²) in [5, 5.41) is 2.57. The molecule has 7 heteroatoms. The van der Waals surface area contributed by atoms with Gasteiger partial charge in [-0.1, -0.05) is 84.9 Å². The highest BCUT2D eigenvalue weighted by molar-refractivity contribution is 6.08. The molecule has 0 saturated carbocycles. The second kappa shape index (κ2) is 9.36. The van der Waals surface area contributed by atoms with Crippen LogP contribution in [0.3, 0.4) is 0 Å². The molecule has 0 aliphatic rings. The Morgan fingerprint density at radius 3 is 1.52 bits per heavy atom. The van der Waals surface area contributed by atoms with Crippen LogP contribution in [0.15, 0.2) is 133 Å². The number of hydrogen-bond acceptors (Lipinski definition) is 2. The predicted octanol–water partition coefficient (Wildman–Crippen LogP) is 8.94. The standard InChI is InChI=1S/C41H29N7/c1-44-36-22-10-12-27(38(36)47-34-20-8-4-16-30(34)42-40(44)47)25-46-37-23-11-13-26(39(37)48-35-21-9-5-17-31(35)43-41(46)48)24-45-32-18-6-2-14-28(32)29-15-3-7-19-33(29)45/h2-23H,24-25H2,1H3. The van der Waals surface area contributed by atoms with Crippen LogP contribution in [0, 0.1) is 0 Å². The quantitative estimate of drug-likeness (QED) is 0.198. The third-order valence-corrected chi connectivity index (χ3v) is 10.3. The van der Waals surface area contributed by atoms with E-state index in [0.717, 1.165) is 45.7 Å². The lowest BCUT2D eigenvalue weighted by molar-refractivity contribution is 0.850. The van der Waals surface area contributed by atoms with Crippen molar-refractivity contribution in [2.75, 3.05) is 0 Å². The number of aromatic nitrogens is 7. The van der Waals surface area contributed by atoms with Crippen LogP contribution in [-0.2, 0) is 20.1 Å². The topological polar surface area (TPSA) is 49.4 Å². The fourth-order valence-corrected chi connectivity index (χ4v) is 8.17. The first-order valence-corrected chi connectivity index (χ1v) is 16.4. The lowest BCUT2D eigenvalue weighted by atomic mass is 10.1. The van der Waals surface area contributed by atoms with Gasteiger partial charge >= 0.3 is 0 Å². The second-order valence-electron chi connectivity index (χ2n) is 12.8. The number of aryl methyl sites for hydroxylation is 1. The molecule has 228 valence electrons. The van der Waals surface area contributed by atoms with Gasteiger partial charge in [0.25, 0.3) is 0 Å². The molecule has 0 N–H and O–H groups in total. The van der Waals surface area contributed by atoms with Crippen molar-refractivity contribution < 1.29 is 0 Å². The maximum atomic E-state index is 5.27. The minimum Gasteiger partial charge on any atom is -0.336 e. The fraction of sp³-hybridized carbons (Fsp3) is 0.0732. The number of fused-ring (bicyclic) bond motifs is 13. The van der Waals surface area contributed by atoms with Crippen molar-refractivity contribution in [3.8, 4) is 0 Å². The van der Waals surface area contributed by atoms with Gasteiger partial charge in [-0.3, -0.25) is 8.80 Å². The molecule has 0 radical (unpaired) electrons. The molecule has 5 heterocycles. The van der Waals surface area contributed by atoms with E-state index in [0.29, 0.717) is 6.54 Å². The molecule has 0 atom stereocenters. The molecule has 0 fully saturated rings. The van der Waals surface area contributed by atoms with Gasteiger partial charge in [0.05, 0.1) is 57.2 Å². The van der Waals surface area contributed by atoms with E-state index in [2.05, 4.69) is 163 Å². The molecule has 0 spiro atoms. The maximum Gasteiger partial charge on any atom is 0.216 e. The van der Waals surface area contributed by atoms with Crippen molar-refractivity contribution in [2.24, 2.45) is 7.05 Å². The van der Waals surface area contributed by atoms with Gasteiger partial charge in [0, 0.05) is 28.9 Å². The first-order chi connectivity index (χ1) is 23.7. The minimum atomic E-state index is 0.665. The molecule has 5 aromatic heterocycles. The Morgan fingerprint density at radius 1 is 0.417 bits per heavy atom. The summed E-state index contributed by atoms with van der Waals surface area (Å²) in [5.74, 6) is 1.89. The summed E-state index contributed by atoms with van der Waals surface area (Å²) in [6, 6.07) is 47.7. The summed E-state index contributed by atoms with van der Waals surface area (Å²) < 4.78 is 11.8. The summed E-state index contributed by atoms with van der Waals surface area (Å²) in [6.45, 7) is 1.41. The van der Waals surface area contributed by atoms with Crippen molar-refractivity contribution in [1.82, 2.24) is 32.5 Å². The van der Waals surface area contributed by atoms with Crippen LogP contribution in [0.25, 0.3) is 77.5 Å². The summed E-state index contributed by atoms with van der Waals surface area (Å²) in [4.78, 5) is 10.3. The Labute approximate surface area is 274 Å². The third-order valence-electron chi connectivity index (χ3n) is 10.3. The van der Waals surface area contributed by atoms with Crippen molar-refractivity contribution in [1.29, 1.82) is 0 Å². The van der Waals surface area contributed by atoms with E-state index in [9.17, 15) is 0 Å². The van der Waals surface area contributed by atoms with Crippen LogP contribution >= 0.6 is 0 Å². The van der Waals surface area contributed by atoms with Crippen molar-refractivity contribution >= 4 is 77.5 Å². The van der Waals surface area contributed by atoms with Crippen LogP contribution in [0.1, 0.15) is 11.1 Å². The summed E-state index contributed by atoms with van der Waals surface area (Å²) in [6.07, 6.45) is 0. The van der Waals surface area contributed by atoms with Gasteiger partial charge in [0.2, 0.25) is 11.6 Å². The maximum absolute atomic E-state index is 5.27. The first kappa shape index (κ1) is 25.8. The van der Waals surface area contributed by atoms with E-state index < -0.39 is 0 Å². The van der Waals surface area contributed by atoms with Gasteiger partial charge in [-0.05, 0) is 59.7 Å². The molecule has 6 aromatic carbocycles. The highest BCUT2D eigenvalue weighted by Gasteiger charge is 2.22. The largest absolute Gasteiger partial charge is 0.336 e. The van der Waals surface area contributed by atoms with Gasteiger partial charge in [-0.15, -0.1) is 0 Å². The van der Waals surface area contributed by atoms with E-state index in [1.165, 1.54) is 49.5 Å². The van der Waals surface area contributed by atoms with Gasteiger partial charge in [0.1, 0.15) is 0 Å². The van der Waals surface area contributed by atoms with Gasteiger partial charge in [-0.2, -0.15) is 0 Å². The van der Waals surface area contributed by atoms with E-state index >= 15 is 0 Å². The van der Waals surface area contributed by atoms with Crippen molar-refractivity contribution in [3.05, 3.63) is 145 Å². The monoisotopic (exact) mass is 619 g/mol. The molecular formula is C41H29N7. The molecule has 11 rings (SSSR count). The van der Waals surface area contributed by atoms with Crippen LogP contribution in [0.4, 0.5) is 0 Å². The first-order valence-electron chi connectivity index (χ1n) is 16.4. The van der Waals surface area contributed by atoms with Crippen molar-refractivity contribution in [3.63, 3.8) is 0 Å². The number of nitrogens with zero attached hydrogens (tertiary/aromatic N) is 7. The highest BCUT2D eigenvalue weighted by Crippen LogP contribution is 2.35. The molecule has 0 aliphatic carbocycles. The van der Waals surface area contributed by atoms with Crippen LogP contribution in [0.2, 0.25) is 0 Å². The van der Waals surface area contributed by atoms with E-state index in [-0.39, 0.29) is 0 Å². The summed E-state index contributed by atoms with van der Waals surface area (Å²) in [5.41, 5.74) is 13.9. The number of hydrogen-bond donors (Lipinski definition) is 0. The molecule has 0 bridgehead atoms. The van der Waals surface area contributed by atoms with E-state index in [1.54, 1.807) is 0 Å². The normalized spacial score (nSPS) is 12.4. The molecule has 0 amide bonds. The Morgan fingerprint density at radius 2 is 0.875 bits per heavy atom. The zero-order valence-electron chi connectivity index (χ0n) is 26.2. The molecule has 7 nitrogen and oxygen atoms in total. The predicted molar refractivity (Wildman–Crippen MR) is 195 cm³/mol. The molecule has 0 saturated heterocycles. The van der Waals surface area contributed by atoms with Gasteiger partial charge < -0.3 is 13.7 Å². The fourth-order valence-electron chi connectivity index (χ4n) is 8.17. The average molecular weight is 620 g/mol. The summed E-state index contributed by atoms with van der Waals surface area (Å²) in [7, 11) is 2.11. The SMILES string of the molecule is Cn1c2cccc(Cn3c4cccc(Cn5c6ccccc6c6ccccc65)c4n4c5ccccc5nc34)c2n2c3ccccc3nc12. The Balaban J connectivity index is 1.19. The van der Waals surface area contributed by atoms with Crippen LogP contribution in [-0.4, -0.2) is 32.5 Å². The second-order valence-corrected chi connectivity index (χ2v) is 12.8. The summed E-state index contributed by atoms with van der Waals surface area (Å²) >= 11 is 0. The van der Waals surface area contributed by atoms with E-state index in [1.807, 2.05) is 0 Å². The smallest absolute Gasteiger partial charge is 0.216 e. The molecule has 48 heavy (non-hydrogen) atoms. The lowest BCUT2D eigenvalue weighted by Gasteiger charge is -2.11. The Bertz CT molecular complexity index is 3030. The Kier molecular flexibility index (Phi) is 5.03. The molecular weight excluding hydrogens is 591 g/mol. The molecule has 0 unspecified atom stereocenters. The number of para-hydroxylation sites is 8. The van der Waals surface area contributed by atoms with Crippen LogP contribution < -0.4 is 0 Å². The van der Waals surface area contributed by atoms with E-state index in [4.69, 9.17) is 9.97 Å². The number of benzene rings is 6. The number of imidazole rings is 4. The molecule has 0 aliphatic heterocycles. The number of rotatable bonds is 4. The highest BCUT2D eigenvalue weighted by atomic mass is 15.2. The van der Waals surface area contributed by atoms with Crippen molar-refractivity contribution in [2.45, 2.75) is 13.1 Å². The third kappa shape index (κ3) is 3.32. The van der Waals surface area contributed by atoms with Crippen LogP contribution in [0.5, 0.6) is 0 Å². The zero-order valence-corrected chi connectivity index (χ0v) is 26.2. The minimum absolute atomic E-state index is 0.665. The van der Waals surface area contributed by atoms with Gasteiger partial charge in [-0.25, -0.2) is 9.97 Å². The average Bonchev–Trinajstić information content (AvgIpc) is 3.91. The molecule has 11 aromatic rings. The zero-order chi connectivity index (χ0) is 31.5.